The lowest BCUT2D eigenvalue weighted by Crippen LogP contribution is -2.42. The van der Waals surface area contributed by atoms with Crippen LogP contribution < -0.4 is 14.8 Å². The molecule has 1 aliphatic rings. The van der Waals surface area contributed by atoms with E-state index in [1.165, 1.54) is 24.8 Å². The highest BCUT2D eigenvalue weighted by molar-refractivity contribution is 5.46. The summed E-state index contributed by atoms with van der Waals surface area (Å²) >= 11 is 0. The van der Waals surface area contributed by atoms with Crippen LogP contribution in [0.15, 0.2) is 18.2 Å². The largest absolute Gasteiger partial charge is 0.493 e. The molecule has 0 unspecified atom stereocenters. The monoisotopic (exact) mass is 249 g/mol. The van der Waals surface area contributed by atoms with Crippen LogP contribution in [0.5, 0.6) is 11.5 Å². The third-order valence-corrected chi connectivity index (χ3v) is 3.90. The van der Waals surface area contributed by atoms with Gasteiger partial charge in [0.2, 0.25) is 0 Å². The highest BCUT2D eigenvalue weighted by atomic mass is 16.5. The van der Waals surface area contributed by atoms with Gasteiger partial charge in [-0.05, 0) is 44.5 Å². The van der Waals surface area contributed by atoms with E-state index in [2.05, 4.69) is 17.4 Å². The summed E-state index contributed by atoms with van der Waals surface area (Å²) in [5.74, 6) is 1.68. The molecule has 1 fully saturated rings. The number of hydrogen-bond donors (Lipinski definition) is 1. The molecule has 1 aromatic rings. The van der Waals surface area contributed by atoms with Crippen LogP contribution in [0.4, 0.5) is 0 Å². The van der Waals surface area contributed by atoms with Gasteiger partial charge >= 0.3 is 0 Å². The molecule has 0 bridgehead atoms. The molecule has 18 heavy (non-hydrogen) atoms. The lowest BCUT2D eigenvalue weighted by atomic mass is 9.64. The van der Waals surface area contributed by atoms with E-state index < -0.39 is 0 Å². The van der Waals surface area contributed by atoms with Crippen molar-refractivity contribution >= 4 is 0 Å². The maximum absolute atomic E-state index is 5.67. The summed E-state index contributed by atoms with van der Waals surface area (Å²) < 4.78 is 11.0. The molecule has 0 aromatic heterocycles. The predicted octanol–water partition coefficient (Wildman–Crippen LogP) is 2.74. The fourth-order valence-electron chi connectivity index (χ4n) is 2.78. The smallest absolute Gasteiger partial charge is 0.161 e. The van der Waals surface area contributed by atoms with Crippen molar-refractivity contribution in [2.45, 2.75) is 31.6 Å². The molecule has 3 nitrogen and oxygen atoms in total. The van der Waals surface area contributed by atoms with E-state index in [4.69, 9.17) is 9.47 Å². The van der Waals surface area contributed by atoms with Crippen molar-refractivity contribution in [3.63, 3.8) is 0 Å². The van der Waals surface area contributed by atoms with Crippen molar-refractivity contribution in [1.29, 1.82) is 0 Å². The normalized spacial score (nSPS) is 17.1. The maximum Gasteiger partial charge on any atom is 0.161 e. The van der Waals surface area contributed by atoms with Crippen LogP contribution in [0, 0.1) is 0 Å². The summed E-state index contributed by atoms with van der Waals surface area (Å²) in [6.45, 7) is 3.70. The molecule has 3 heteroatoms. The number of methoxy groups -OCH3 is 1. The van der Waals surface area contributed by atoms with Crippen LogP contribution in [0.1, 0.15) is 31.7 Å². The molecule has 0 saturated heterocycles. The zero-order valence-electron chi connectivity index (χ0n) is 11.6. The van der Waals surface area contributed by atoms with Crippen molar-refractivity contribution in [2.75, 3.05) is 27.3 Å². The van der Waals surface area contributed by atoms with Crippen molar-refractivity contribution in [1.82, 2.24) is 5.32 Å². The van der Waals surface area contributed by atoms with E-state index in [-0.39, 0.29) is 0 Å². The first-order valence-electron chi connectivity index (χ1n) is 6.71. The second-order valence-corrected chi connectivity index (χ2v) is 4.96. The molecular weight excluding hydrogens is 226 g/mol. The Bertz CT molecular complexity index is 399. The van der Waals surface area contributed by atoms with Crippen LogP contribution >= 0.6 is 0 Å². The minimum atomic E-state index is 0.298. The number of benzene rings is 1. The van der Waals surface area contributed by atoms with E-state index in [1.807, 2.05) is 20.0 Å². The van der Waals surface area contributed by atoms with Gasteiger partial charge < -0.3 is 14.8 Å². The van der Waals surface area contributed by atoms with Crippen molar-refractivity contribution < 1.29 is 9.47 Å². The number of likely N-dealkylation sites (N-methyl/N-ethyl adjacent to an activating group) is 1. The molecule has 1 saturated carbocycles. The molecule has 0 radical (unpaired) electrons. The van der Waals surface area contributed by atoms with Crippen LogP contribution in [0.3, 0.4) is 0 Å². The minimum absolute atomic E-state index is 0.298. The Labute approximate surface area is 109 Å². The predicted molar refractivity (Wildman–Crippen MR) is 73.6 cm³/mol. The maximum atomic E-state index is 5.67. The number of rotatable bonds is 6. The van der Waals surface area contributed by atoms with Crippen molar-refractivity contribution in [3.8, 4) is 11.5 Å². The molecule has 0 aliphatic heterocycles. The second kappa shape index (κ2) is 5.61. The highest BCUT2D eigenvalue weighted by Crippen LogP contribution is 2.45. The molecule has 0 spiro atoms. The second-order valence-electron chi connectivity index (χ2n) is 4.96. The third-order valence-electron chi connectivity index (χ3n) is 3.90. The zero-order chi connectivity index (χ0) is 13.0. The van der Waals surface area contributed by atoms with E-state index in [9.17, 15) is 0 Å². The number of hydrogen-bond acceptors (Lipinski definition) is 3. The fourth-order valence-corrected chi connectivity index (χ4v) is 2.78. The molecule has 1 aliphatic carbocycles. The zero-order valence-corrected chi connectivity index (χ0v) is 11.6. The van der Waals surface area contributed by atoms with Crippen LogP contribution in [0.25, 0.3) is 0 Å². The van der Waals surface area contributed by atoms with Crippen molar-refractivity contribution in [2.24, 2.45) is 0 Å². The summed E-state index contributed by atoms with van der Waals surface area (Å²) in [6, 6.07) is 6.35. The first kappa shape index (κ1) is 13.2. The third kappa shape index (κ3) is 2.32. The molecule has 1 aromatic carbocycles. The Balaban J connectivity index is 2.30. The summed E-state index contributed by atoms with van der Waals surface area (Å²) in [7, 11) is 3.71. The lowest BCUT2D eigenvalue weighted by Gasteiger charge is -2.42. The van der Waals surface area contributed by atoms with Gasteiger partial charge in [0, 0.05) is 12.0 Å². The number of ether oxygens (including phenoxy) is 2. The minimum Gasteiger partial charge on any atom is -0.493 e. The van der Waals surface area contributed by atoms with Crippen molar-refractivity contribution in [3.05, 3.63) is 23.8 Å². The first-order valence-corrected chi connectivity index (χ1v) is 6.71. The first-order chi connectivity index (χ1) is 8.75. The van der Waals surface area contributed by atoms with Gasteiger partial charge in [0.25, 0.3) is 0 Å². The summed E-state index contributed by atoms with van der Waals surface area (Å²) in [6.07, 6.45) is 3.83. The highest BCUT2D eigenvalue weighted by Gasteiger charge is 2.38. The van der Waals surface area contributed by atoms with E-state index >= 15 is 0 Å². The standard InChI is InChI=1S/C15H23NO2/c1-4-18-14-10-12(6-7-13(14)17-3)15(11-16-2)8-5-9-15/h6-7,10,16H,4-5,8-9,11H2,1-3H3. The fraction of sp³-hybridized carbons (Fsp3) is 0.600. The average molecular weight is 249 g/mol. The van der Waals surface area contributed by atoms with Gasteiger partial charge in [-0.1, -0.05) is 12.5 Å². The number of nitrogens with one attached hydrogen (secondary N) is 1. The topological polar surface area (TPSA) is 30.5 Å². The van der Waals surface area contributed by atoms with Gasteiger partial charge in [0.05, 0.1) is 13.7 Å². The summed E-state index contributed by atoms with van der Waals surface area (Å²) in [5, 5.41) is 3.32. The summed E-state index contributed by atoms with van der Waals surface area (Å²) in [4.78, 5) is 0. The van der Waals surface area contributed by atoms with Gasteiger partial charge in [-0.15, -0.1) is 0 Å². The molecule has 0 atom stereocenters. The Morgan fingerprint density at radius 1 is 1.28 bits per heavy atom. The quantitative estimate of drug-likeness (QED) is 0.841. The SMILES string of the molecule is CCOc1cc(C2(CNC)CCC2)ccc1OC. The van der Waals surface area contributed by atoms with E-state index in [0.717, 1.165) is 18.0 Å². The van der Waals surface area contributed by atoms with Gasteiger partial charge in [0.15, 0.2) is 11.5 Å². The molecule has 100 valence electrons. The van der Waals surface area contributed by atoms with Gasteiger partial charge in [-0.2, -0.15) is 0 Å². The van der Waals surface area contributed by atoms with Crippen LogP contribution in [-0.2, 0) is 5.41 Å². The molecule has 1 N–H and O–H groups in total. The summed E-state index contributed by atoms with van der Waals surface area (Å²) in [5.41, 5.74) is 1.67. The van der Waals surface area contributed by atoms with E-state index in [0.29, 0.717) is 12.0 Å². The average Bonchev–Trinajstić information content (AvgIpc) is 2.34. The molecule has 0 amide bonds. The molecule has 2 rings (SSSR count). The van der Waals surface area contributed by atoms with Crippen LogP contribution in [0.2, 0.25) is 0 Å². The van der Waals surface area contributed by atoms with E-state index in [1.54, 1.807) is 7.11 Å². The Morgan fingerprint density at radius 3 is 2.56 bits per heavy atom. The Hall–Kier alpha value is -1.22. The van der Waals surface area contributed by atoms with Gasteiger partial charge in [-0.25, -0.2) is 0 Å². The Morgan fingerprint density at radius 2 is 2.06 bits per heavy atom. The molecule has 0 heterocycles. The van der Waals surface area contributed by atoms with Gasteiger partial charge in [-0.3, -0.25) is 0 Å². The van der Waals surface area contributed by atoms with Gasteiger partial charge in [0.1, 0.15) is 0 Å². The molecular formula is C15H23NO2. The lowest BCUT2D eigenvalue weighted by molar-refractivity contribution is 0.236. The van der Waals surface area contributed by atoms with Crippen LogP contribution in [-0.4, -0.2) is 27.3 Å². The Kier molecular flexibility index (Phi) is 4.12.